The van der Waals surface area contributed by atoms with Gasteiger partial charge in [-0.25, -0.2) is 0 Å². The van der Waals surface area contributed by atoms with Gasteiger partial charge in [0.15, 0.2) is 5.17 Å². The lowest BCUT2D eigenvalue weighted by molar-refractivity contribution is 0.0904. The van der Waals surface area contributed by atoms with E-state index in [9.17, 15) is 5.11 Å². The molecule has 0 spiro atoms. The Balaban J connectivity index is 1.49. The van der Waals surface area contributed by atoms with E-state index >= 15 is 0 Å². The zero-order valence-corrected chi connectivity index (χ0v) is 14.4. The molecule has 0 radical (unpaired) electrons. The molecule has 3 rings (SSSR count). The molecule has 1 fully saturated rings. The van der Waals surface area contributed by atoms with Crippen LogP contribution in [0.4, 0.5) is 0 Å². The Bertz CT molecular complexity index is 546. The topological polar surface area (TPSA) is 39.1 Å². The molecule has 2 aliphatic heterocycles. The van der Waals surface area contributed by atoms with Gasteiger partial charge in [-0.15, -0.1) is 0 Å². The van der Waals surface area contributed by atoms with E-state index in [0.29, 0.717) is 16.8 Å². The first-order valence-electron chi connectivity index (χ1n) is 7.74. The van der Waals surface area contributed by atoms with Gasteiger partial charge in [-0.2, -0.15) is 0 Å². The minimum atomic E-state index is -0.483. The molecule has 120 valence electrons. The van der Waals surface area contributed by atoms with E-state index in [0.717, 1.165) is 38.3 Å². The number of rotatable bonds is 3. The van der Waals surface area contributed by atoms with Gasteiger partial charge in [0.25, 0.3) is 0 Å². The summed E-state index contributed by atoms with van der Waals surface area (Å²) in [5.74, 6) is 0. The zero-order valence-electron chi connectivity index (χ0n) is 12.8. The van der Waals surface area contributed by atoms with Crippen LogP contribution >= 0.6 is 23.4 Å². The van der Waals surface area contributed by atoms with Crippen molar-refractivity contribution in [2.75, 3.05) is 39.3 Å². The SMILES string of the molecule is CC1CN=C(N2CCN(CC(O)c3cccc(Cl)c3)CC2)S1. The van der Waals surface area contributed by atoms with Crippen LogP contribution in [0.5, 0.6) is 0 Å². The Kier molecular flexibility index (Phi) is 5.29. The summed E-state index contributed by atoms with van der Waals surface area (Å²) in [5.41, 5.74) is 0.888. The van der Waals surface area contributed by atoms with E-state index in [1.807, 2.05) is 36.0 Å². The number of aliphatic imine (C=N–C) groups is 1. The van der Waals surface area contributed by atoms with E-state index < -0.39 is 6.10 Å². The van der Waals surface area contributed by atoms with Crippen molar-refractivity contribution in [3.63, 3.8) is 0 Å². The van der Waals surface area contributed by atoms with Crippen molar-refractivity contribution in [1.29, 1.82) is 0 Å². The Morgan fingerprint density at radius 2 is 2.14 bits per heavy atom. The highest BCUT2D eigenvalue weighted by Gasteiger charge is 2.25. The number of piperazine rings is 1. The van der Waals surface area contributed by atoms with E-state index in [-0.39, 0.29) is 0 Å². The Hall–Kier alpha value is -0.750. The summed E-state index contributed by atoms with van der Waals surface area (Å²) >= 11 is 7.87. The normalized spacial score (nSPS) is 24.4. The number of β-amino-alcohol motifs (C(OH)–C–C–N with tert-alkyl or cyclic N) is 1. The third-order valence-corrected chi connectivity index (χ3v) is 5.48. The van der Waals surface area contributed by atoms with Gasteiger partial charge in [-0.1, -0.05) is 42.4 Å². The van der Waals surface area contributed by atoms with Gasteiger partial charge in [-0.3, -0.25) is 9.89 Å². The fourth-order valence-electron chi connectivity index (χ4n) is 2.82. The summed E-state index contributed by atoms with van der Waals surface area (Å²) in [6.07, 6.45) is -0.483. The number of benzene rings is 1. The lowest BCUT2D eigenvalue weighted by Gasteiger charge is -2.36. The third kappa shape index (κ3) is 3.96. The third-order valence-electron chi connectivity index (χ3n) is 4.10. The lowest BCUT2D eigenvalue weighted by Crippen LogP contribution is -2.48. The van der Waals surface area contributed by atoms with Crippen LogP contribution in [0, 0.1) is 0 Å². The molecule has 2 atom stereocenters. The first-order valence-corrected chi connectivity index (χ1v) is 8.99. The quantitative estimate of drug-likeness (QED) is 0.918. The molecule has 2 heterocycles. The van der Waals surface area contributed by atoms with Crippen LogP contribution in [-0.2, 0) is 0 Å². The number of aliphatic hydroxyl groups excluding tert-OH is 1. The molecular weight excluding hydrogens is 318 g/mol. The van der Waals surface area contributed by atoms with Crippen molar-refractivity contribution in [3.8, 4) is 0 Å². The molecule has 2 unspecified atom stereocenters. The second-order valence-corrected chi connectivity index (χ2v) is 7.75. The number of nitrogens with zero attached hydrogens (tertiary/aromatic N) is 3. The fraction of sp³-hybridized carbons (Fsp3) is 0.562. The van der Waals surface area contributed by atoms with Crippen LogP contribution < -0.4 is 0 Å². The monoisotopic (exact) mass is 339 g/mol. The average Bonchev–Trinajstić information content (AvgIpc) is 2.94. The first kappa shape index (κ1) is 16.1. The van der Waals surface area contributed by atoms with E-state index in [1.165, 1.54) is 5.17 Å². The Labute approximate surface area is 141 Å². The fourth-order valence-corrected chi connectivity index (χ4v) is 4.01. The maximum absolute atomic E-state index is 10.4. The maximum atomic E-state index is 10.4. The van der Waals surface area contributed by atoms with Gasteiger partial charge in [-0.05, 0) is 17.7 Å². The predicted octanol–water partition coefficient (Wildman–Crippen LogP) is 2.48. The maximum Gasteiger partial charge on any atom is 0.159 e. The number of amidine groups is 1. The van der Waals surface area contributed by atoms with Crippen LogP contribution in [0.2, 0.25) is 5.02 Å². The summed E-state index contributed by atoms with van der Waals surface area (Å²) < 4.78 is 0. The zero-order chi connectivity index (χ0) is 15.5. The second-order valence-electron chi connectivity index (χ2n) is 5.91. The van der Waals surface area contributed by atoms with Crippen LogP contribution in [0.1, 0.15) is 18.6 Å². The van der Waals surface area contributed by atoms with E-state index in [1.54, 1.807) is 0 Å². The molecule has 1 aromatic carbocycles. The van der Waals surface area contributed by atoms with Gasteiger partial charge in [0, 0.05) is 43.0 Å². The number of hydrogen-bond acceptors (Lipinski definition) is 5. The van der Waals surface area contributed by atoms with Crippen molar-refractivity contribution in [3.05, 3.63) is 34.9 Å². The molecule has 0 aromatic heterocycles. The van der Waals surface area contributed by atoms with Gasteiger partial charge < -0.3 is 10.0 Å². The molecule has 6 heteroatoms. The summed E-state index contributed by atoms with van der Waals surface area (Å²) in [4.78, 5) is 9.29. The number of aliphatic hydroxyl groups is 1. The second kappa shape index (κ2) is 7.21. The highest BCUT2D eigenvalue weighted by molar-refractivity contribution is 8.14. The molecule has 4 nitrogen and oxygen atoms in total. The number of halogens is 1. The molecule has 1 aromatic rings. The summed E-state index contributed by atoms with van der Waals surface area (Å²) in [6.45, 7) is 7.72. The molecule has 1 N–H and O–H groups in total. The van der Waals surface area contributed by atoms with Crippen molar-refractivity contribution < 1.29 is 5.11 Å². The number of hydrogen-bond donors (Lipinski definition) is 1. The van der Waals surface area contributed by atoms with Gasteiger partial charge in [0.2, 0.25) is 0 Å². The molecular formula is C16H22ClN3OS. The minimum absolute atomic E-state index is 0.483. The van der Waals surface area contributed by atoms with Crippen molar-refractivity contribution in [2.45, 2.75) is 18.3 Å². The van der Waals surface area contributed by atoms with Crippen LogP contribution in [0.25, 0.3) is 0 Å². The Morgan fingerprint density at radius 3 is 2.77 bits per heavy atom. The van der Waals surface area contributed by atoms with E-state index in [4.69, 9.17) is 11.6 Å². The standard InChI is InChI=1S/C16H22ClN3OS/c1-12-10-18-16(22-12)20-7-5-19(6-8-20)11-15(21)13-3-2-4-14(17)9-13/h2-4,9,12,15,21H,5-8,10-11H2,1H3. The van der Waals surface area contributed by atoms with Crippen molar-refractivity contribution in [1.82, 2.24) is 9.80 Å². The van der Waals surface area contributed by atoms with Crippen molar-refractivity contribution in [2.24, 2.45) is 4.99 Å². The van der Waals surface area contributed by atoms with Gasteiger partial charge >= 0.3 is 0 Å². The average molecular weight is 340 g/mol. The molecule has 0 amide bonds. The van der Waals surface area contributed by atoms with Crippen LogP contribution in [0.3, 0.4) is 0 Å². The highest BCUT2D eigenvalue weighted by atomic mass is 35.5. The van der Waals surface area contributed by atoms with E-state index in [2.05, 4.69) is 21.7 Å². The van der Waals surface area contributed by atoms with Crippen LogP contribution in [0.15, 0.2) is 29.3 Å². The summed E-state index contributed by atoms with van der Waals surface area (Å²) in [6, 6.07) is 7.48. The largest absolute Gasteiger partial charge is 0.387 e. The number of thioether (sulfide) groups is 1. The van der Waals surface area contributed by atoms with Crippen LogP contribution in [-0.4, -0.2) is 64.6 Å². The molecule has 0 bridgehead atoms. The predicted molar refractivity (Wildman–Crippen MR) is 93.8 cm³/mol. The smallest absolute Gasteiger partial charge is 0.159 e. The van der Waals surface area contributed by atoms with Gasteiger partial charge in [0.1, 0.15) is 0 Å². The lowest BCUT2D eigenvalue weighted by atomic mass is 10.1. The molecule has 0 aliphatic carbocycles. The molecule has 22 heavy (non-hydrogen) atoms. The van der Waals surface area contributed by atoms with Gasteiger partial charge in [0.05, 0.1) is 12.6 Å². The molecule has 2 aliphatic rings. The minimum Gasteiger partial charge on any atom is -0.387 e. The summed E-state index contributed by atoms with van der Waals surface area (Å²) in [5, 5.41) is 12.8. The molecule has 0 saturated carbocycles. The first-order chi connectivity index (χ1) is 10.6. The highest BCUT2D eigenvalue weighted by Crippen LogP contribution is 2.24. The Morgan fingerprint density at radius 1 is 1.36 bits per heavy atom. The summed E-state index contributed by atoms with van der Waals surface area (Å²) in [7, 11) is 0. The molecule has 1 saturated heterocycles. The van der Waals surface area contributed by atoms with Crippen molar-refractivity contribution >= 4 is 28.5 Å².